The van der Waals surface area contributed by atoms with Crippen LogP contribution in [0.3, 0.4) is 0 Å². The molecule has 0 saturated heterocycles. The fraction of sp³-hybridized carbons (Fsp3) is 0. The van der Waals surface area contributed by atoms with E-state index in [1.165, 1.54) is 0 Å². The van der Waals surface area contributed by atoms with Crippen molar-refractivity contribution in [2.24, 2.45) is 0 Å². The summed E-state index contributed by atoms with van der Waals surface area (Å²) in [6.45, 7) is 0. The Bertz CT molecular complexity index is 633. The second-order valence-corrected chi connectivity index (χ2v) is 3.70. The van der Waals surface area contributed by atoms with Crippen LogP contribution < -0.4 is 0 Å². The highest BCUT2D eigenvalue weighted by Gasteiger charge is 2.06. The minimum atomic E-state index is 0.542. The van der Waals surface area contributed by atoms with E-state index in [1.54, 1.807) is 29.2 Å². The third-order valence-corrected chi connectivity index (χ3v) is 2.56. The lowest BCUT2D eigenvalue weighted by Gasteiger charge is -1.94. The first kappa shape index (κ1) is 9.30. The molecule has 0 N–H and O–H groups in total. The summed E-state index contributed by atoms with van der Waals surface area (Å²) in [5.74, 6) is 0. The van der Waals surface area contributed by atoms with Crippen LogP contribution in [0.2, 0.25) is 5.15 Å². The summed E-state index contributed by atoms with van der Waals surface area (Å²) in [6, 6.07) is 7.40. The van der Waals surface area contributed by atoms with Gasteiger partial charge in [-0.25, -0.2) is 9.50 Å². The van der Waals surface area contributed by atoms with Crippen molar-refractivity contribution in [3.8, 4) is 11.3 Å². The molecule has 0 unspecified atom stereocenters. The Morgan fingerprint density at radius 1 is 1.19 bits per heavy atom. The van der Waals surface area contributed by atoms with Crippen LogP contribution in [0.4, 0.5) is 0 Å². The number of fused-ring (bicyclic) bond motifs is 1. The highest BCUT2D eigenvalue weighted by atomic mass is 35.5. The van der Waals surface area contributed by atoms with Crippen LogP contribution in [-0.2, 0) is 0 Å². The van der Waals surface area contributed by atoms with Gasteiger partial charge in [0.2, 0.25) is 0 Å². The van der Waals surface area contributed by atoms with Crippen LogP contribution in [0.15, 0.2) is 42.9 Å². The molecule has 78 valence electrons. The molecular weight excluding hydrogens is 224 g/mol. The summed E-state index contributed by atoms with van der Waals surface area (Å²) in [5.41, 5.74) is 2.49. The minimum Gasteiger partial charge on any atom is -0.264 e. The average molecular weight is 231 g/mol. The molecule has 0 aliphatic rings. The lowest BCUT2D eigenvalue weighted by atomic mass is 10.2. The Morgan fingerprint density at radius 2 is 2.12 bits per heavy atom. The van der Waals surface area contributed by atoms with Crippen molar-refractivity contribution in [2.75, 3.05) is 0 Å². The number of nitrogens with zero attached hydrogens (tertiary/aromatic N) is 4. The molecule has 0 amide bonds. The van der Waals surface area contributed by atoms with Crippen molar-refractivity contribution >= 4 is 17.2 Å². The number of hydrogen-bond acceptors (Lipinski definition) is 3. The Labute approximate surface area is 96.5 Å². The molecule has 3 heterocycles. The monoisotopic (exact) mass is 230 g/mol. The van der Waals surface area contributed by atoms with Gasteiger partial charge >= 0.3 is 0 Å². The smallest absolute Gasteiger partial charge is 0.157 e. The molecule has 3 rings (SSSR count). The number of aromatic nitrogens is 4. The quantitative estimate of drug-likeness (QED) is 0.603. The predicted molar refractivity (Wildman–Crippen MR) is 61.2 cm³/mol. The second kappa shape index (κ2) is 3.57. The molecule has 0 bridgehead atoms. The maximum atomic E-state index is 6.00. The van der Waals surface area contributed by atoms with Gasteiger partial charge in [-0.1, -0.05) is 11.6 Å². The molecule has 3 aromatic heterocycles. The van der Waals surface area contributed by atoms with Crippen molar-refractivity contribution < 1.29 is 0 Å². The zero-order valence-corrected chi connectivity index (χ0v) is 8.96. The van der Waals surface area contributed by atoms with E-state index in [1.807, 2.05) is 18.2 Å². The number of halogens is 1. The molecule has 3 aromatic rings. The lowest BCUT2D eigenvalue weighted by Crippen LogP contribution is -1.90. The molecule has 0 aromatic carbocycles. The van der Waals surface area contributed by atoms with E-state index in [0.29, 0.717) is 5.15 Å². The fourth-order valence-electron chi connectivity index (χ4n) is 1.52. The number of hydrogen-bond donors (Lipinski definition) is 0. The van der Waals surface area contributed by atoms with Crippen molar-refractivity contribution in [1.29, 1.82) is 0 Å². The molecule has 0 fully saturated rings. The standard InChI is InChI=1S/C11H7ClN4/c12-10-3-5-14-11-6-9(15-16(10)11)8-2-1-4-13-7-8/h1-7H. The first-order valence-electron chi connectivity index (χ1n) is 4.75. The largest absolute Gasteiger partial charge is 0.264 e. The first-order valence-corrected chi connectivity index (χ1v) is 5.13. The van der Waals surface area contributed by atoms with Gasteiger partial charge in [0.1, 0.15) is 5.15 Å². The van der Waals surface area contributed by atoms with Crippen molar-refractivity contribution in [3.05, 3.63) is 48.0 Å². The van der Waals surface area contributed by atoms with Gasteiger partial charge < -0.3 is 0 Å². The van der Waals surface area contributed by atoms with Gasteiger partial charge in [0, 0.05) is 30.2 Å². The Hall–Kier alpha value is -1.94. The van der Waals surface area contributed by atoms with Gasteiger partial charge in [-0.05, 0) is 18.2 Å². The lowest BCUT2D eigenvalue weighted by molar-refractivity contribution is 0.943. The van der Waals surface area contributed by atoms with Crippen LogP contribution in [0.5, 0.6) is 0 Å². The Balaban J connectivity index is 2.23. The summed E-state index contributed by atoms with van der Waals surface area (Å²) in [5, 5.41) is 4.91. The van der Waals surface area contributed by atoms with E-state index in [2.05, 4.69) is 15.1 Å². The number of rotatable bonds is 1. The van der Waals surface area contributed by atoms with E-state index in [4.69, 9.17) is 11.6 Å². The highest BCUT2D eigenvalue weighted by Crippen LogP contribution is 2.19. The zero-order valence-electron chi connectivity index (χ0n) is 8.21. The van der Waals surface area contributed by atoms with E-state index < -0.39 is 0 Å². The molecular formula is C11H7ClN4. The maximum absolute atomic E-state index is 6.00. The highest BCUT2D eigenvalue weighted by molar-refractivity contribution is 6.29. The van der Waals surface area contributed by atoms with Gasteiger partial charge in [-0.3, -0.25) is 4.98 Å². The first-order chi connectivity index (χ1) is 7.84. The summed E-state index contributed by atoms with van der Waals surface area (Å²) < 4.78 is 1.60. The molecule has 0 atom stereocenters. The Kier molecular flexibility index (Phi) is 2.08. The van der Waals surface area contributed by atoms with E-state index in [9.17, 15) is 0 Å². The Morgan fingerprint density at radius 3 is 2.88 bits per heavy atom. The number of pyridine rings is 1. The van der Waals surface area contributed by atoms with Gasteiger partial charge in [-0.2, -0.15) is 5.10 Å². The van der Waals surface area contributed by atoms with Crippen molar-refractivity contribution in [3.63, 3.8) is 0 Å². The fourth-order valence-corrected chi connectivity index (χ4v) is 1.70. The third-order valence-electron chi connectivity index (χ3n) is 2.27. The maximum Gasteiger partial charge on any atom is 0.157 e. The van der Waals surface area contributed by atoms with Crippen LogP contribution in [0, 0.1) is 0 Å². The normalized spacial score (nSPS) is 10.8. The molecule has 0 aliphatic heterocycles. The van der Waals surface area contributed by atoms with Gasteiger partial charge in [0.25, 0.3) is 0 Å². The van der Waals surface area contributed by atoms with E-state index in [-0.39, 0.29) is 0 Å². The SMILES string of the molecule is Clc1ccnc2cc(-c3cccnc3)nn12. The minimum absolute atomic E-state index is 0.542. The molecule has 5 heteroatoms. The molecule has 0 aliphatic carbocycles. The molecule has 0 radical (unpaired) electrons. The van der Waals surface area contributed by atoms with Crippen molar-refractivity contribution in [1.82, 2.24) is 19.6 Å². The average Bonchev–Trinajstić information content (AvgIpc) is 2.76. The van der Waals surface area contributed by atoms with Gasteiger partial charge in [0.05, 0.1) is 5.69 Å². The summed E-state index contributed by atoms with van der Waals surface area (Å²) >= 11 is 6.00. The summed E-state index contributed by atoms with van der Waals surface area (Å²) in [7, 11) is 0. The van der Waals surface area contributed by atoms with Gasteiger partial charge in [-0.15, -0.1) is 0 Å². The topological polar surface area (TPSA) is 43.1 Å². The van der Waals surface area contributed by atoms with Crippen LogP contribution >= 0.6 is 11.6 Å². The van der Waals surface area contributed by atoms with Crippen molar-refractivity contribution in [2.45, 2.75) is 0 Å². The third kappa shape index (κ3) is 1.44. The predicted octanol–water partition coefficient (Wildman–Crippen LogP) is 2.44. The molecule has 4 nitrogen and oxygen atoms in total. The van der Waals surface area contributed by atoms with Gasteiger partial charge in [0.15, 0.2) is 5.65 Å². The van der Waals surface area contributed by atoms with Crippen LogP contribution in [0.1, 0.15) is 0 Å². The van der Waals surface area contributed by atoms with E-state index >= 15 is 0 Å². The zero-order chi connectivity index (χ0) is 11.0. The molecule has 16 heavy (non-hydrogen) atoms. The molecule has 0 saturated carbocycles. The van der Waals surface area contributed by atoms with Crippen LogP contribution in [-0.4, -0.2) is 19.6 Å². The summed E-state index contributed by atoms with van der Waals surface area (Å²) in [6.07, 6.45) is 5.15. The van der Waals surface area contributed by atoms with Crippen LogP contribution in [0.25, 0.3) is 16.9 Å². The van der Waals surface area contributed by atoms with E-state index in [0.717, 1.165) is 16.9 Å². The molecule has 0 spiro atoms. The summed E-state index contributed by atoms with van der Waals surface area (Å²) in [4.78, 5) is 8.23. The second-order valence-electron chi connectivity index (χ2n) is 3.31.